The maximum Gasteiger partial charge on any atom is 0.253 e. The van der Waals surface area contributed by atoms with E-state index in [1.165, 1.54) is 12.1 Å². The third-order valence-electron chi connectivity index (χ3n) is 5.98. The van der Waals surface area contributed by atoms with E-state index < -0.39 is 0 Å². The quantitative estimate of drug-likeness (QED) is 0.456. The highest BCUT2D eigenvalue weighted by Crippen LogP contribution is 2.15. The third-order valence-corrected chi connectivity index (χ3v) is 7.11. The molecular formula is C26H27ClFN3O2S. The van der Waals surface area contributed by atoms with Crippen molar-refractivity contribution in [3.8, 4) is 0 Å². The molecule has 0 unspecified atom stereocenters. The first-order valence-corrected chi connectivity index (χ1v) is 12.6. The Bertz CT molecular complexity index is 1080. The van der Waals surface area contributed by atoms with Crippen LogP contribution in [-0.2, 0) is 17.8 Å². The van der Waals surface area contributed by atoms with E-state index in [0.29, 0.717) is 43.2 Å². The second-order valence-corrected chi connectivity index (χ2v) is 9.81. The van der Waals surface area contributed by atoms with Gasteiger partial charge in [-0.2, -0.15) is 0 Å². The van der Waals surface area contributed by atoms with Crippen molar-refractivity contribution in [1.82, 2.24) is 14.7 Å². The number of rotatable bonds is 8. The summed E-state index contributed by atoms with van der Waals surface area (Å²) >= 11 is 7.50. The molecule has 5 nitrogen and oxygen atoms in total. The molecule has 2 aromatic carbocycles. The fourth-order valence-corrected chi connectivity index (χ4v) is 4.81. The normalized spacial score (nSPS) is 14.2. The number of benzene rings is 2. The summed E-state index contributed by atoms with van der Waals surface area (Å²) in [6, 6.07) is 17.2. The molecule has 34 heavy (non-hydrogen) atoms. The lowest BCUT2D eigenvalue weighted by Crippen LogP contribution is -2.50. The summed E-state index contributed by atoms with van der Waals surface area (Å²) in [5.41, 5.74) is 1.54. The van der Waals surface area contributed by atoms with E-state index in [2.05, 4.69) is 4.90 Å². The number of amides is 2. The largest absolute Gasteiger partial charge is 0.337 e. The summed E-state index contributed by atoms with van der Waals surface area (Å²) in [6.45, 7) is 4.53. The standard InChI is InChI=1S/C26H27ClFN3O2S/c27-22-7-5-21(6-8-22)26(33)30-14-11-29(12-15-30)13-16-31(19-20-3-9-23(28)10-4-20)25(32)18-24-2-1-17-34-24/h1-10,17H,11-16,18-19H2. The number of hydrogen-bond donors (Lipinski definition) is 0. The molecule has 8 heteroatoms. The van der Waals surface area contributed by atoms with Crippen LogP contribution < -0.4 is 0 Å². The molecule has 1 saturated heterocycles. The van der Waals surface area contributed by atoms with Gasteiger partial charge in [0.2, 0.25) is 5.91 Å². The Morgan fingerprint density at radius 1 is 0.971 bits per heavy atom. The number of hydrogen-bond acceptors (Lipinski definition) is 4. The van der Waals surface area contributed by atoms with Gasteiger partial charge in [-0.15, -0.1) is 11.3 Å². The molecule has 1 aromatic heterocycles. The molecule has 0 N–H and O–H groups in total. The molecule has 2 heterocycles. The lowest BCUT2D eigenvalue weighted by Gasteiger charge is -2.36. The zero-order valence-electron chi connectivity index (χ0n) is 18.8. The summed E-state index contributed by atoms with van der Waals surface area (Å²) in [6.07, 6.45) is 0.363. The number of carbonyl (C=O) groups excluding carboxylic acids is 2. The van der Waals surface area contributed by atoms with Gasteiger partial charge >= 0.3 is 0 Å². The van der Waals surface area contributed by atoms with Crippen LogP contribution in [0.2, 0.25) is 5.02 Å². The smallest absolute Gasteiger partial charge is 0.253 e. The minimum atomic E-state index is -0.286. The van der Waals surface area contributed by atoms with Gasteiger partial charge in [-0.05, 0) is 53.4 Å². The van der Waals surface area contributed by atoms with E-state index in [1.54, 1.807) is 47.7 Å². The van der Waals surface area contributed by atoms with E-state index in [1.807, 2.05) is 27.3 Å². The van der Waals surface area contributed by atoms with E-state index in [-0.39, 0.29) is 17.6 Å². The van der Waals surface area contributed by atoms with Gasteiger partial charge in [0.25, 0.3) is 5.91 Å². The molecule has 1 aliphatic heterocycles. The Morgan fingerprint density at radius 2 is 1.68 bits per heavy atom. The molecule has 0 aliphatic carbocycles. The number of nitrogens with zero attached hydrogens (tertiary/aromatic N) is 3. The molecule has 3 aromatic rings. The van der Waals surface area contributed by atoms with E-state index >= 15 is 0 Å². The molecular weight excluding hydrogens is 473 g/mol. The average Bonchev–Trinajstić information content (AvgIpc) is 3.36. The number of thiophene rings is 1. The molecule has 0 bridgehead atoms. The molecule has 1 aliphatic rings. The van der Waals surface area contributed by atoms with E-state index in [4.69, 9.17) is 11.6 Å². The molecule has 2 amide bonds. The van der Waals surface area contributed by atoms with Crippen molar-refractivity contribution in [2.24, 2.45) is 0 Å². The number of piperazine rings is 1. The molecule has 0 radical (unpaired) electrons. The van der Waals surface area contributed by atoms with Crippen molar-refractivity contribution in [3.63, 3.8) is 0 Å². The average molecular weight is 500 g/mol. The summed E-state index contributed by atoms with van der Waals surface area (Å²) in [4.78, 5) is 32.8. The van der Waals surface area contributed by atoms with Crippen LogP contribution in [0, 0.1) is 5.82 Å². The van der Waals surface area contributed by atoms with Gasteiger partial charge < -0.3 is 9.80 Å². The molecule has 0 spiro atoms. The molecule has 0 saturated carbocycles. The van der Waals surface area contributed by atoms with E-state index in [9.17, 15) is 14.0 Å². The Hall–Kier alpha value is -2.74. The summed E-state index contributed by atoms with van der Waals surface area (Å²) in [5.74, 6) is -0.213. The predicted octanol–water partition coefficient (Wildman–Crippen LogP) is 4.57. The molecule has 4 rings (SSSR count). The predicted molar refractivity (Wildman–Crippen MR) is 134 cm³/mol. The lowest BCUT2D eigenvalue weighted by atomic mass is 10.1. The zero-order chi connectivity index (χ0) is 23.9. The maximum absolute atomic E-state index is 13.3. The minimum absolute atomic E-state index is 0.0142. The monoisotopic (exact) mass is 499 g/mol. The summed E-state index contributed by atoms with van der Waals surface area (Å²) < 4.78 is 13.3. The Kier molecular flexibility index (Phi) is 8.32. The SMILES string of the molecule is O=C(Cc1cccs1)N(CCN1CCN(C(=O)c2ccc(Cl)cc2)CC1)Cc1ccc(F)cc1. The van der Waals surface area contributed by atoms with Crippen molar-refractivity contribution < 1.29 is 14.0 Å². The fourth-order valence-electron chi connectivity index (χ4n) is 3.99. The van der Waals surface area contributed by atoms with Crippen molar-refractivity contribution in [2.75, 3.05) is 39.3 Å². The zero-order valence-corrected chi connectivity index (χ0v) is 20.4. The van der Waals surface area contributed by atoms with Crippen LogP contribution in [0.15, 0.2) is 66.0 Å². The van der Waals surface area contributed by atoms with E-state index in [0.717, 1.165) is 30.1 Å². The third kappa shape index (κ3) is 6.65. The van der Waals surface area contributed by atoms with Gasteiger partial charge in [-0.25, -0.2) is 4.39 Å². The van der Waals surface area contributed by atoms with Crippen LogP contribution in [0.1, 0.15) is 20.8 Å². The summed E-state index contributed by atoms with van der Waals surface area (Å²) in [5, 5.41) is 2.58. The first-order valence-electron chi connectivity index (χ1n) is 11.3. The summed E-state index contributed by atoms with van der Waals surface area (Å²) in [7, 11) is 0. The van der Waals surface area contributed by atoms with Gasteiger partial charge in [0.1, 0.15) is 5.82 Å². The molecule has 0 atom stereocenters. The topological polar surface area (TPSA) is 43.9 Å². The van der Waals surface area contributed by atoms with Crippen LogP contribution in [-0.4, -0.2) is 65.8 Å². The Labute approximate surface area is 208 Å². The van der Waals surface area contributed by atoms with Crippen LogP contribution in [0.4, 0.5) is 4.39 Å². The second-order valence-electron chi connectivity index (χ2n) is 8.34. The van der Waals surface area contributed by atoms with Gasteiger partial charge in [-0.3, -0.25) is 14.5 Å². The lowest BCUT2D eigenvalue weighted by molar-refractivity contribution is -0.131. The van der Waals surface area contributed by atoms with Crippen LogP contribution in [0.25, 0.3) is 0 Å². The van der Waals surface area contributed by atoms with Crippen molar-refractivity contribution >= 4 is 34.8 Å². The molecule has 178 valence electrons. The van der Waals surface area contributed by atoms with Gasteiger partial charge in [0.05, 0.1) is 6.42 Å². The van der Waals surface area contributed by atoms with Crippen molar-refractivity contribution in [2.45, 2.75) is 13.0 Å². The van der Waals surface area contributed by atoms with Gasteiger partial charge in [0.15, 0.2) is 0 Å². The Balaban J connectivity index is 1.32. The van der Waals surface area contributed by atoms with Crippen molar-refractivity contribution in [3.05, 3.63) is 92.9 Å². The first-order chi connectivity index (χ1) is 16.5. The van der Waals surface area contributed by atoms with Crippen LogP contribution in [0.3, 0.4) is 0 Å². The maximum atomic E-state index is 13.3. The van der Waals surface area contributed by atoms with Gasteiger partial charge in [0, 0.05) is 61.3 Å². The highest BCUT2D eigenvalue weighted by atomic mass is 35.5. The fraction of sp³-hybridized carbons (Fsp3) is 0.308. The Morgan fingerprint density at radius 3 is 2.32 bits per heavy atom. The number of halogens is 2. The highest BCUT2D eigenvalue weighted by molar-refractivity contribution is 7.10. The van der Waals surface area contributed by atoms with Crippen LogP contribution in [0.5, 0.6) is 0 Å². The van der Waals surface area contributed by atoms with Gasteiger partial charge in [-0.1, -0.05) is 29.8 Å². The van der Waals surface area contributed by atoms with Crippen molar-refractivity contribution in [1.29, 1.82) is 0 Å². The van der Waals surface area contributed by atoms with Crippen LogP contribution >= 0.6 is 22.9 Å². The molecule has 1 fully saturated rings. The number of carbonyl (C=O) groups is 2. The first kappa shape index (κ1) is 24.4. The second kappa shape index (κ2) is 11.6. The minimum Gasteiger partial charge on any atom is -0.337 e. The highest BCUT2D eigenvalue weighted by Gasteiger charge is 2.23.